The summed E-state index contributed by atoms with van der Waals surface area (Å²) in [5.74, 6) is -3.37. The van der Waals surface area contributed by atoms with Crippen LogP contribution in [0.15, 0.2) is 0 Å². The Morgan fingerprint density at radius 1 is 1.00 bits per heavy atom. The van der Waals surface area contributed by atoms with Crippen molar-refractivity contribution >= 4 is 23.7 Å². The summed E-state index contributed by atoms with van der Waals surface area (Å²) < 4.78 is 19.8. The van der Waals surface area contributed by atoms with Crippen LogP contribution in [0.5, 0.6) is 0 Å². The van der Waals surface area contributed by atoms with Crippen LogP contribution >= 0.6 is 0 Å². The van der Waals surface area contributed by atoms with Crippen molar-refractivity contribution in [3.05, 3.63) is 0 Å². The normalized spacial score (nSPS) is 32.6. The van der Waals surface area contributed by atoms with E-state index in [0.717, 1.165) is 27.7 Å². The summed E-state index contributed by atoms with van der Waals surface area (Å²) in [4.78, 5) is 46.1. The van der Waals surface area contributed by atoms with Crippen LogP contribution in [0.25, 0.3) is 0 Å². The molecule has 1 fully saturated rings. The van der Waals surface area contributed by atoms with Crippen LogP contribution in [-0.4, -0.2) is 70.7 Å². The van der Waals surface area contributed by atoms with Crippen LogP contribution in [0.4, 0.5) is 0 Å². The number of esters is 3. The lowest BCUT2D eigenvalue weighted by Gasteiger charge is -2.48. The van der Waals surface area contributed by atoms with Crippen molar-refractivity contribution in [2.45, 2.75) is 57.9 Å². The topological polar surface area (TPSA) is 146 Å². The minimum atomic E-state index is -2.29. The monoisotopic (exact) mass is 348 g/mol. The third-order valence-corrected chi connectivity index (χ3v) is 3.40. The van der Waals surface area contributed by atoms with E-state index in [4.69, 9.17) is 18.9 Å². The van der Waals surface area contributed by atoms with Gasteiger partial charge < -0.3 is 29.2 Å². The van der Waals surface area contributed by atoms with Gasteiger partial charge in [-0.15, -0.1) is 0 Å². The second-order valence-electron chi connectivity index (χ2n) is 5.28. The van der Waals surface area contributed by atoms with Gasteiger partial charge in [0.15, 0.2) is 18.2 Å². The van der Waals surface area contributed by atoms with Gasteiger partial charge in [0.05, 0.1) is 0 Å². The third kappa shape index (κ3) is 4.08. The molecule has 0 saturated carbocycles. The lowest BCUT2D eigenvalue weighted by atomic mass is 9.80. The number of hydrogen-bond donors (Lipinski definition) is 2. The van der Waals surface area contributed by atoms with E-state index in [9.17, 15) is 29.4 Å². The van der Waals surface area contributed by atoms with Crippen molar-refractivity contribution in [3.8, 4) is 0 Å². The van der Waals surface area contributed by atoms with Crippen molar-refractivity contribution in [2.75, 3.05) is 6.61 Å². The van der Waals surface area contributed by atoms with Crippen LogP contribution in [0.3, 0.4) is 0 Å². The highest BCUT2D eigenvalue weighted by atomic mass is 16.7. The number of carbonyl (C=O) groups excluding carboxylic acids is 4. The molecule has 1 aliphatic heterocycles. The minimum absolute atomic E-state index is 0.580. The summed E-state index contributed by atoms with van der Waals surface area (Å²) >= 11 is 0. The second kappa shape index (κ2) is 7.69. The standard InChI is InChI=1S/C14H20O10/c1-6(15)14(24-9(4)18)10(5-21-7(2)16)23-13(20)11(19)12(14)22-8(3)17/h10-13,19-20H,5H2,1-4H3/t10-,11-,12-,13+,14-/m1/s1. The van der Waals surface area contributed by atoms with E-state index in [1.807, 2.05) is 0 Å². The van der Waals surface area contributed by atoms with Crippen LogP contribution in [0, 0.1) is 0 Å². The fraction of sp³-hybridized carbons (Fsp3) is 0.714. The SMILES string of the molecule is CC(=O)OC[C@H]1O[C@H](O)[C@H](O)[C@@H](OC(C)=O)[C@@]1(OC(C)=O)C(C)=O. The van der Waals surface area contributed by atoms with Crippen molar-refractivity contribution in [1.82, 2.24) is 0 Å². The molecular formula is C14H20O10. The van der Waals surface area contributed by atoms with Crippen LogP contribution in [0.1, 0.15) is 27.7 Å². The molecule has 1 heterocycles. The Morgan fingerprint density at radius 2 is 1.58 bits per heavy atom. The van der Waals surface area contributed by atoms with Gasteiger partial charge in [-0.1, -0.05) is 0 Å². The molecule has 1 rings (SSSR count). The Labute approximate surface area is 137 Å². The van der Waals surface area contributed by atoms with E-state index in [2.05, 4.69) is 0 Å². The van der Waals surface area contributed by atoms with Gasteiger partial charge in [0.2, 0.25) is 5.60 Å². The summed E-state index contributed by atoms with van der Waals surface area (Å²) in [5, 5.41) is 19.9. The molecule has 1 saturated heterocycles. The first kappa shape index (κ1) is 20.0. The summed E-state index contributed by atoms with van der Waals surface area (Å²) in [6, 6.07) is 0. The number of rotatable bonds is 5. The predicted octanol–water partition coefficient (Wildman–Crippen LogP) is -1.55. The number of Topliss-reactive ketones (excluding diaryl/α,β-unsaturated/α-hetero) is 1. The van der Waals surface area contributed by atoms with Crippen molar-refractivity contribution in [3.63, 3.8) is 0 Å². The molecular weight excluding hydrogens is 328 g/mol. The van der Waals surface area contributed by atoms with E-state index < -0.39 is 60.5 Å². The van der Waals surface area contributed by atoms with Crippen LogP contribution < -0.4 is 0 Å². The van der Waals surface area contributed by atoms with Crippen molar-refractivity contribution < 1.29 is 48.3 Å². The minimum Gasteiger partial charge on any atom is -0.463 e. The lowest BCUT2D eigenvalue weighted by Crippen LogP contribution is -2.72. The molecule has 1 aliphatic rings. The fourth-order valence-electron chi connectivity index (χ4n) is 2.49. The highest BCUT2D eigenvalue weighted by Gasteiger charge is 2.63. The molecule has 0 aliphatic carbocycles. The Kier molecular flexibility index (Phi) is 6.41. The first-order valence-corrected chi connectivity index (χ1v) is 7.05. The largest absolute Gasteiger partial charge is 0.463 e. The molecule has 2 N–H and O–H groups in total. The quantitative estimate of drug-likeness (QED) is 0.442. The highest BCUT2D eigenvalue weighted by molar-refractivity contribution is 5.90. The number of hydrogen-bond acceptors (Lipinski definition) is 10. The van der Waals surface area contributed by atoms with Crippen molar-refractivity contribution in [2.24, 2.45) is 0 Å². The van der Waals surface area contributed by atoms with Gasteiger partial charge in [-0.05, 0) is 6.92 Å². The predicted molar refractivity (Wildman–Crippen MR) is 74.3 cm³/mol. The summed E-state index contributed by atoms with van der Waals surface area (Å²) in [6.07, 6.45) is -6.98. The maximum absolute atomic E-state index is 12.3. The van der Waals surface area contributed by atoms with E-state index in [0.29, 0.717) is 0 Å². The Morgan fingerprint density at radius 3 is 2.00 bits per heavy atom. The highest BCUT2D eigenvalue weighted by Crippen LogP contribution is 2.36. The molecule has 5 atom stereocenters. The van der Waals surface area contributed by atoms with Gasteiger partial charge >= 0.3 is 17.9 Å². The molecule has 24 heavy (non-hydrogen) atoms. The molecule has 136 valence electrons. The second-order valence-corrected chi connectivity index (χ2v) is 5.28. The molecule has 0 unspecified atom stereocenters. The maximum Gasteiger partial charge on any atom is 0.303 e. The molecule has 10 nitrogen and oxygen atoms in total. The third-order valence-electron chi connectivity index (χ3n) is 3.40. The zero-order chi connectivity index (χ0) is 18.7. The summed E-state index contributed by atoms with van der Waals surface area (Å²) in [7, 11) is 0. The van der Waals surface area contributed by atoms with Crippen molar-refractivity contribution in [1.29, 1.82) is 0 Å². The van der Waals surface area contributed by atoms with Gasteiger partial charge in [-0.3, -0.25) is 19.2 Å². The molecule has 0 aromatic rings. The summed E-state index contributed by atoms with van der Waals surface area (Å²) in [6.45, 7) is 3.54. The molecule has 0 aromatic heterocycles. The molecule has 0 spiro atoms. The van der Waals surface area contributed by atoms with E-state index in [1.54, 1.807) is 0 Å². The average Bonchev–Trinajstić information content (AvgIpc) is 2.43. The lowest BCUT2D eigenvalue weighted by molar-refractivity contribution is -0.315. The number of carbonyl (C=O) groups is 4. The van der Waals surface area contributed by atoms with E-state index in [1.165, 1.54) is 0 Å². The van der Waals surface area contributed by atoms with E-state index >= 15 is 0 Å². The van der Waals surface area contributed by atoms with Crippen LogP contribution in [-0.2, 0) is 38.1 Å². The maximum atomic E-state index is 12.3. The van der Waals surface area contributed by atoms with Crippen LogP contribution in [0.2, 0.25) is 0 Å². The summed E-state index contributed by atoms with van der Waals surface area (Å²) in [5.41, 5.74) is -2.29. The van der Waals surface area contributed by atoms with Gasteiger partial charge in [-0.2, -0.15) is 0 Å². The number of aliphatic hydroxyl groups excluding tert-OH is 2. The molecule has 0 bridgehead atoms. The first-order chi connectivity index (χ1) is 11.0. The Balaban J connectivity index is 3.40. The van der Waals surface area contributed by atoms with Gasteiger partial charge in [-0.25, -0.2) is 0 Å². The molecule has 0 aromatic carbocycles. The smallest absolute Gasteiger partial charge is 0.303 e. The fourth-order valence-corrected chi connectivity index (χ4v) is 2.49. The number of ketones is 1. The Hall–Kier alpha value is -2.04. The zero-order valence-electron chi connectivity index (χ0n) is 13.7. The van der Waals surface area contributed by atoms with Gasteiger partial charge in [0.1, 0.15) is 18.8 Å². The average molecular weight is 348 g/mol. The molecule has 0 radical (unpaired) electrons. The number of aliphatic hydroxyl groups is 2. The Bertz CT molecular complexity index is 530. The first-order valence-electron chi connectivity index (χ1n) is 7.05. The van der Waals surface area contributed by atoms with E-state index in [-0.39, 0.29) is 0 Å². The number of ether oxygens (including phenoxy) is 4. The zero-order valence-corrected chi connectivity index (χ0v) is 13.7. The van der Waals surface area contributed by atoms with Gasteiger partial charge in [0, 0.05) is 20.8 Å². The van der Waals surface area contributed by atoms with Gasteiger partial charge in [0.25, 0.3) is 0 Å². The molecule has 10 heteroatoms. The molecule has 0 amide bonds.